The Kier molecular flexibility index (Phi) is 5.88. The standard InChI is InChI=1S/C15H14ClNO3S2/c16-12-6-8-14(9-7-12)22(19,20)17-15(18)10-11-21-13-4-2-1-3-5-13/h1-9H,10-11H2,(H,17,18). The van der Waals surface area contributed by atoms with E-state index >= 15 is 0 Å². The number of hydrogen-bond donors (Lipinski definition) is 1. The summed E-state index contributed by atoms with van der Waals surface area (Å²) in [4.78, 5) is 12.8. The second kappa shape index (κ2) is 7.67. The van der Waals surface area contributed by atoms with Crippen molar-refractivity contribution in [3.8, 4) is 0 Å². The van der Waals surface area contributed by atoms with Crippen LogP contribution in [0.1, 0.15) is 6.42 Å². The van der Waals surface area contributed by atoms with Crippen molar-refractivity contribution in [3.05, 3.63) is 59.6 Å². The van der Waals surface area contributed by atoms with Crippen molar-refractivity contribution in [3.63, 3.8) is 0 Å². The number of nitrogens with one attached hydrogen (secondary N) is 1. The van der Waals surface area contributed by atoms with Crippen LogP contribution in [0.3, 0.4) is 0 Å². The summed E-state index contributed by atoms with van der Waals surface area (Å²) < 4.78 is 26.1. The molecule has 0 aliphatic carbocycles. The SMILES string of the molecule is O=C(CCSc1ccccc1)NS(=O)(=O)c1ccc(Cl)cc1. The highest BCUT2D eigenvalue weighted by atomic mass is 35.5. The minimum atomic E-state index is -3.84. The Morgan fingerprint density at radius 2 is 1.68 bits per heavy atom. The van der Waals surface area contributed by atoms with Gasteiger partial charge in [0.15, 0.2) is 0 Å². The lowest BCUT2D eigenvalue weighted by molar-refractivity contribution is -0.118. The van der Waals surface area contributed by atoms with E-state index in [1.54, 1.807) is 0 Å². The van der Waals surface area contributed by atoms with Gasteiger partial charge in [0.25, 0.3) is 10.0 Å². The van der Waals surface area contributed by atoms with E-state index in [4.69, 9.17) is 11.6 Å². The van der Waals surface area contributed by atoms with Crippen molar-refractivity contribution in [2.24, 2.45) is 0 Å². The Balaban J connectivity index is 1.87. The summed E-state index contributed by atoms with van der Waals surface area (Å²) in [5, 5.41) is 0.435. The topological polar surface area (TPSA) is 63.2 Å². The van der Waals surface area contributed by atoms with Crippen LogP contribution in [-0.4, -0.2) is 20.1 Å². The van der Waals surface area contributed by atoms with Gasteiger partial charge < -0.3 is 0 Å². The number of rotatable bonds is 6. The van der Waals surface area contributed by atoms with Crippen LogP contribution in [0.25, 0.3) is 0 Å². The fraction of sp³-hybridized carbons (Fsp3) is 0.133. The maximum Gasteiger partial charge on any atom is 0.264 e. The fourth-order valence-corrected chi connectivity index (χ4v) is 3.66. The Labute approximate surface area is 138 Å². The third kappa shape index (κ3) is 5.05. The second-order valence-electron chi connectivity index (χ2n) is 4.39. The van der Waals surface area contributed by atoms with Crippen LogP contribution in [0, 0.1) is 0 Å². The van der Waals surface area contributed by atoms with E-state index in [0.29, 0.717) is 10.8 Å². The Hall–Kier alpha value is -1.50. The van der Waals surface area contributed by atoms with Gasteiger partial charge in [-0.15, -0.1) is 11.8 Å². The van der Waals surface area contributed by atoms with Crippen LogP contribution in [-0.2, 0) is 14.8 Å². The molecule has 0 unspecified atom stereocenters. The molecule has 2 aromatic rings. The number of sulfonamides is 1. The molecule has 0 bridgehead atoms. The van der Waals surface area contributed by atoms with Crippen LogP contribution in [0.2, 0.25) is 5.02 Å². The van der Waals surface area contributed by atoms with Crippen LogP contribution in [0.15, 0.2) is 64.4 Å². The average Bonchev–Trinajstić information content (AvgIpc) is 2.48. The lowest BCUT2D eigenvalue weighted by Gasteiger charge is -2.07. The first-order chi connectivity index (χ1) is 10.5. The molecule has 0 aromatic heterocycles. The molecule has 0 fully saturated rings. The number of hydrogen-bond acceptors (Lipinski definition) is 4. The van der Waals surface area contributed by atoms with Crippen molar-refractivity contribution in [2.75, 3.05) is 5.75 Å². The molecule has 2 rings (SSSR count). The zero-order chi connectivity index (χ0) is 16.0. The van der Waals surface area contributed by atoms with Crippen molar-refractivity contribution < 1.29 is 13.2 Å². The van der Waals surface area contributed by atoms with Gasteiger partial charge in [-0.05, 0) is 36.4 Å². The zero-order valence-corrected chi connectivity index (χ0v) is 13.9. The monoisotopic (exact) mass is 355 g/mol. The molecule has 0 heterocycles. The number of thioether (sulfide) groups is 1. The van der Waals surface area contributed by atoms with Gasteiger partial charge in [-0.2, -0.15) is 0 Å². The van der Waals surface area contributed by atoms with Crippen molar-refractivity contribution in [1.29, 1.82) is 0 Å². The van der Waals surface area contributed by atoms with Crippen LogP contribution >= 0.6 is 23.4 Å². The highest BCUT2D eigenvalue weighted by Gasteiger charge is 2.17. The van der Waals surface area contributed by atoms with E-state index in [9.17, 15) is 13.2 Å². The average molecular weight is 356 g/mol. The van der Waals surface area contributed by atoms with E-state index in [1.165, 1.54) is 36.0 Å². The second-order valence-corrected chi connectivity index (χ2v) is 7.68. The smallest absolute Gasteiger partial charge is 0.264 e. The highest BCUT2D eigenvalue weighted by Crippen LogP contribution is 2.18. The van der Waals surface area contributed by atoms with E-state index in [2.05, 4.69) is 4.72 Å². The molecule has 0 atom stereocenters. The molecule has 116 valence electrons. The molecule has 0 aliphatic heterocycles. The van der Waals surface area contributed by atoms with Gasteiger partial charge in [-0.1, -0.05) is 29.8 Å². The molecule has 0 saturated heterocycles. The Bertz CT molecular complexity index is 731. The van der Waals surface area contributed by atoms with Gasteiger partial charge >= 0.3 is 0 Å². The van der Waals surface area contributed by atoms with Gasteiger partial charge in [0, 0.05) is 22.1 Å². The predicted octanol–water partition coefficient (Wildman–Crippen LogP) is 3.33. The van der Waals surface area contributed by atoms with Crippen LogP contribution in [0.5, 0.6) is 0 Å². The van der Waals surface area contributed by atoms with Crippen molar-refractivity contribution >= 4 is 39.3 Å². The number of amides is 1. The van der Waals surface area contributed by atoms with E-state index in [0.717, 1.165) is 4.90 Å². The maximum atomic E-state index is 12.0. The zero-order valence-electron chi connectivity index (χ0n) is 11.5. The van der Waals surface area contributed by atoms with Crippen LogP contribution < -0.4 is 4.72 Å². The summed E-state index contributed by atoms with van der Waals surface area (Å²) in [6.45, 7) is 0. The van der Waals surface area contributed by atoms with Gasteiger partial charge in [0.05, 0.1) is 4.90 Å². The number of carbonyl (C=O) groups is 1. The third-order valence-electron chi connectivity index (χ3n) is 2.71. The summed E-state index contributed by atoms with van der Waals surface area (Å²) >= 11 is 7.21. The maximum absolute atomic E-state index is 12.0. The molecule has 4 nitrogen and oxygen atoms in total. The Morgan fingerprint density at radius 3 is 2.32 bits per heavy atom. The summed E-state index contributed by atoms with van der Waals surface area (Å²) in [5.74, 6) is -0.0233. The van der Waals surface area contributed by atoms with E-state index in [1.807, 2.05) is 30.3 Å². The first kappa shape index (κ1) is 16.9. The highest BCUT2D eigenvalue weighted by molar-refractivity contribution is 7.99. The van der Waals surface area contributed by atoms with Gasteiger partial charge in [-0.3, -0.25) is 4.79 Å². The van der Waals surface area contributed by atoms with E-state index in [-0.39, 0.29) is 11.3 Å². The van der Waals surface area contributed by atoms with Gasteiger partial charge in [0.1, 0.15) is 0 Å². The largest absolute Gasteiger partial charge is 0.274 e. The van der Waals surface area contributed by atoms with Crippen LogP contribution in [0.4, 0.5) is 0 Å². The summed E-state index contributed by atoms with van der Waals surface area (Å²) in [6, 6.07) is 15.3. The molecule has 0 spiro atoms. The normalized spacial score (nSPS) is 11.1. The number of benzene rings is 2. The number of carbonyl (C=O) groups excluding carboxylic acids is 1. The predicted molar refractivity (Wildman–Crippen MR) is 88.6 cm³/mol. The molecule has 0 aliphatic rings. The van der Waals surface area contributed by atoms with E-state index < -0.39 is 15.9 Å². The fourth-order valence-electron chi connectivity index (χ4n) is 1.65. The molecule has 2 aromatic carbocycles. The minimum Gasteiger partial charge on any atom is -0.274 e. The summed E-state index contributed by atoms with van der Waals surface area (Å²) in [7, 11) is -3.84. The first-order valence-corrected chi connectivity index (χ1v) is 9.31. The summed E-state index contributed by atoms with van der Waals surface area (Å²) in [6.07, 6.45) is 0.117. The molecule has 1 amide bonds. The molecule has 0 saturated carbocycles. The van der Waals surface area contributed by atoms with Gasteiger partial charge in [-0.25, -0.2) is 13.1 Å². The third-order valence-corrected chi connectivity index (χ3v) is 5.37. The quantitative estimate of drug-likeness (QED) is 0.807. The number of halogens is 1. The lowest BCUT2D eigenvalue weighted by Crippen LogP contribution is -2.30. The molecule has 1 N–H and O–H groups in total. The first-order valence-electron chi connectivity index (χ1n) is 6.46. The van der Waals surface area contributed by atoms with Crippen molar-refractivity contribution in [2.45, 2.75) is 16.2 Å². The van der Waals surface area contributed by atoms with Crippen molar-refractivity contribution in [1.82, 2.24) is 4.72 Å². The molecule has 7 heteroatoms. The molecular formula is C15H14ClNO3S2. The Morgan fingerprint density at radius 1 is 1.05 bits per heavy atom. The molecular weight excluding hydrogens is 342 g/mol. The lowest BCUT2D eigenvalue weighted by atomic mass is 10.4. The molecule has 0 radical (unpaired) electrons. The molecule has 22 heavy (non-hydrogen) atoms. The minimum absolute atomic E-state index is 0.0148. The summed E-state index contributed by atoms with van der Waals surface area (Å²) in [5.41, 5.74) is 0. The van der Waals surface area contributed by atoms with Gasteiger partial charge in [0.2, 0.25) is 5.91 Å².